The van der Waals surface area contributed by atoms with Gasteiger partial charge < -0.3 is 14.5 Å². The Morgan fingerprint density at radius 3 is 1.97 bits per heavy atom. The van der Waals surface area contributed by atoms with Gasteiger partial charge in [-0.3, -0.25) is 0 Å². The van der Waals surface area contributed by atoms with Crippen LogP contribution in [0.2, 0.25) is 0 Å². The summed E-state index contributed by atoms with van der Waals surface area (Å²) in [6.45, 7) is 3.82. The molecule has 164 valence electrons. The highest BCUT2D eigenvalue weighted by atomic mass is 19.4. The predicted molar refractivity (Wildman–Crippen MR) is 112 cm³/mol. The zero-order valence-electron chi connectivity index (χ0n) is 17.5. The highest BCUT2D eigenvalue weighted by Crippen LogP contribution is 2.38. The van der Waals surface area contributed by atoms with E-state index in [4.69, 9.17) is 4.74 Å². The van der Waals surface area contributed by atoms with Crippen molar-refractivity contribution in [2.24, 2.45) is 0 Å². The standard InChI is InChI=1S/C22H22F4N4O/c1-14(2)31-18-11-9-17(10-12-18)30(4)21-27-13-19(22(24,25)26)20(28-21)29(3)16-7-5-15(23)6-8-16/h5-14H,1-4H3. The minimum absolute atomic E-state index is 0.0198. The second-order valence-electron chi connectivity index (χ2n) is 7.16. The zero-order chi connectivity index (χ0) is 22.8. The Labute approximate surface area is 177 Å². The van der Waals surface area contributed by atoms with Gasteiger partial charge in [0.2, 0.25) is 5.95 Å². The molecule has 0 radical (unpaired) electrons. The van der Waals surface area contributed by atoms with Crippen LogP contribution in [0.25, 0.3) is 0 Å². The van der Waals surface area contributed by atoms with Gasteiger partial charge in [-0.15, -0.1) is 0 Å². The van der Waals surface area contributed by atoms with Gasteiger partial charge in [0.15, 0.2) is 5.82 Å². The third-order valence-corrected chi connectivity index (χ3v) is 4.49. The Morgan fingerprint density at radius 1 is 0.871 bits per heavy atom. The monoisotopic (exact) mass is 434 g/mol. The third-order valence-electron chi connectivity index (χ3n) is 4.49. The van der Waals surface area contributed by atoms with E-state index in [1.807, 2.05) is 13.8 Å². The lowest BCUT2D eigenvalue weighted by Crippen LogP contribution is -2.21. The smallest absolute Gasteiger partial charge is 0.421 e. The van der Waals surface area contributed by atoms with E-state index < -0.39 is 17.6 Å². The van der Waals surface area contributed by atoms with Crippen LogP contribution >= 0.6 is 0 Å². The Balaban J connectivity index is 1.98. The summed E-state index contributed by atoms with van der Waals surface area (Å²) in [6.07, 6.45) is -3.88. The van der Waals surface area contributed by atoms with E-state index in [0.717, 1.165) is 6.20 Å². The molecule has 0 saturated heterocycles. The van der Waals surface area contributed by atoms with Crippen LogP contribution in [0.5, 0.6) is 5.75 Å². The lowest BCUT2D eigenvalue weighted by atomic mass is 10.2. The van der Waals surface area contributed by atoms with Gasteiger partial charge in [-0.05, 0) is 62.4 Å². The molecule has 0 saturated carbocycles. The quantitative estimate of drug-likeness (QED) is 0.448. The predicted octanol–water partition coefficient (Wildman–Crippen LogP) is 5.96. The molecule has 0 aliphatic carbocycles. The number of aromatic nitrogens is 2. The van der Waals surface area contributed by atoms with E-state index in [0.29, 0.717) is 17.1 Å². The maximum Gasteiger partial charge on any atom is 0.421 e. The van der Waals surface area contributed by atoms with E-state index in [1.54, 1.807) is 36.2 Å². The third kappa shape index (κ3) is 5.22. The number of halogens is 4. The molecule has 9 heteroatoms. The SMILES string of the molecule is CC(C)Oc1ccc(N(C)c2ncc(C(F)(F)F)c(N(C)c3ccc(F)cc3)n2)cc1. The fourth-order valence-corrected chi connectivity index (χ4v) is 2.90. The summed E-state index contributed by atoms with van der Waals surface area (Å²) in [5.74, 6) is -0.0661. The number of hydrogen-bond donors (Lipinski definition) is 0. The van der Waals surface area contributed by atoms with Gasteiger partial charge in [0.25, 0.3) is 0 Å². The molecule has 0 aliphatic heterocycles. The van der Waals surface area contributed by atoms with Gasteiger partial charge >= 0.3 is 6.18 Å². The van der Waals surface area contributed by atoms with Gasteiger partial charge in [0, 0.05) is 31.7 Å². The molecule has 0 N–H and O–H groups in total. The van der Waals surface area contributed by atoms with Gasteiger partial charge in [-0.25, -0.2) is 9.37 Å². The molecule has 0 aliphatic rings. The molecule has 2 aromatic carbocycles. The highest BCUT2D eigenvalue weighted by Gasteiger charge is 2.37. The first-order valence-corrected chi connectivity index (χ1v) is 9.50. The maximum absolute atomic E-state index is 13.6. The molecule has 0 spiro atoms. The van der Waals surface area contributed by atoms with Gasteiger partial charge in [0.1, 0.15) is 17.1 Å². The normalized spacial score (nSPS) is 11.5. The molecule has 3 aromatic rings. The van der Waals surface area contributed by atoms with Crippen molar-refractivity contribution in [1.82, 2.24) is 9.97 Å². The molecule has 3 rings (SSSR count). The second-order valence-corrected chi connectivity index (χ2v) is 7.16. The van der Waals surface area contributed by atoms with Gasteiger partial charge in [-0.2, -0.15) is 18.2 Å². The molecule has 0 atom stereocenters. The lowest BCUT2D eigenvalue weighted by molar-refractivity contribution is -0.137. The first-order chi connectivity index (χ1) is 14.6. The molecule has 0 fully saturated rings. The summed E-state index contributed by atoms with van der Waals surface area (Å²) in [6, 6.07) is 12.2. The minimum atomic E-state index is -4.66. The fourth-order valence-electron chi connectivity index (χ4n) is 2.90. The largest absolute Gasteiger partial charge is 0.491 e. The highest BCUT2D eigenvalue weighted by molar-refractivity contribution is 5.65. The van der Waals surface area contributed by atoms with Crippen LogP contribution in [-0.2, 0) is 6.18 Å². The minimum Gasteiger partial charge on any atom is -0.491 e. The Bertz CT molecular complexity index is 1020. The summed E-state index contributed by atoms with van der Waals surface area (Å²) in [7, 11) is 3.09. The van der Waals surface area contributed by atoms with Crippen molar-refractivity contribution in [1.29, 1.82) is 0 Å². The molecule has 5 nitrogen and oxygen atoms in total. The fraction of sp³-hybridized carbons (Fsp3) is 0.273. The topological polar surface area (TPSA) is 41.5 Å². The first kappa shape index (κ1) is 22.3. The molecule has 1 aromatic heterocycles. The van der Waals surface area contributed by atoms with Crippen LogP contribution in [0.3, 0.4) is 0 Å². The van der Waals surface area contributed by atoms with Crippen molar-refractivity contribution in [3.05, 3.63) is 66.1 Å². The van der Waals surface area contributed by atoms with E-state index in [9.17, 15) is 17.6 Å². The molecule has 1 heterocycles. The molecular formula is C22H22F4N4O. The van der Waals surface area contributed by atoms with Crippen molar-refractivity contribution in [3.8, 4) is 5.75 Å². The summed E-state index contributed by atoms with van der Waals surface area (Å²) < 4.78 is 59.6. The van der Waals surface area contributed by atoms with Crippen LogP contribution in [-0.4, -0.2) is 30.2 Å². The number of ether oxygens (including phenoxy) is 1. The Kier molecular flexibility index (Phi) is 6.33. The number of anilines is 4. The van der Waals surface area contributed by atoms with Crippen LogP contribution < -0.4 is 14.5 Å². The van der Waals surface area contributed by atoms with Crippen molar-refractivity contribution in [2.45, 2.75) is 26.1 Å². The molecule has 0 amide bonds. The summed E-state index contributed by atoms with van der Waals surface area (Å²) in [4.78, 5) is 10.9. The average Bonchev–Trinajstić information content (AvgIpc) is 2.72. The van der Waals surface area contributed by atoms with Crippen LogP contribution in [0.1, 0.15) is 19.4 Å². The number of rotatable bonds is 6. The zero-order valence-corrected chi connectivity index (χ0v) is 17.5. The van der Waals surface area contributed by atoms with Crippen molar-refractivity contribution in [2.75, 3.05) is 23.9 Å². The van der Waals surface area contributed by atoms with E-state index >= 15 is 0 Å². The van der Waals surface area contributed by atoms with E-state index in [-0.39, 0.29) is 17.9 Å². The van der Waals surface area contributed by atoms with Crippen molar-refractivity contribution >= 4 is 23.1 Å². The second kappa shape index (κ2) is 8.79. The van der Waals surface area contributed by atoms with Crippen LogP contribution in [0, 0.1) is 5.82 Å². The number of benzene rings is 2. The summed E-state index contributed by atoms with van der Waals surface area (Å²) in [5.41, 5.74) is 0.0396. The van der Waals surface area contributed by atoms with Gasteiger partial charge in [0.05, 0.1) is 6.10 Å². The van der Waals surface area contributed by atoms with Crippen molar-refractivity contribution in [3.63, 3.8) is 0 Å². The molecule has 31 heavy (non-hydrogen) atoms. The number of nitrogens with zero attached hydrogens (tertiary/aromatic N) is 4. The molecule has 0 unspecified atom stereocenters. The average molecular weight is 434 g/mol. The maximum atomic E-state index is 13.6. The van der Waals surface area contributed by atoms with Crippen LogP contribution in [0.15, 0.2) is 54.7 Å². The lowest BCUT2D eigenvalue weighted by Gasteiger charge is -2.25. The molecule has 0 bridgehead atoms. The van der Waals surface area contributed by atoms with E-state index in [2.05, 4.69) is 9.97 Å². The number of hydrogen-bond acceptors (Lipinski definition) is 5. The van der Waals surface area contributed by atoms with Crippen LogP contribution in [0.4, 0.5) is 40.7 Å². The number of alkyl halides is 3. The van der Waals surface area contributed by atoms with Gasteiger partial charge in [-0.1, -0.05) is 0 Å². The summed E-state index contributed by atoms with van der Waals surface area (Å²) >= 11 is 0. The Morgan fingerprint density at radius 2 is 1.42 bits per heavy atom. The molecular weight excluding hydrogens is 412 g/mol. The van der Waals surface area contributed by atoms with E-state index in [1.165, 1.54) is 36.2 Å². The first-order valence-electron chi connectivity index (χ1n) is 9.50. The Hall–Kier alpha value is -3.36. The van der Waals surface area contributed by atoms with Crippen molar-refractivity contribution < 1.29 is 22.3 Å². The summed E-state index contributed by atoms with van der Waals surface area (Å²) in [5, 5.41) is 0.